The molecule has 1 aromatic rings. The summed E-state index contributed by atoms with van der Waals surface area (Å²) >= 11 is 3.63. The van der Waals surface area contributed by atoms with E-state index in [4.69, 9.17) is 4.74 Å². The number of halogens is 4. The Morgan fingerprint density at radius 2 is 2.18 bits per heavy atom. The molecule has 0 fully saturated rings. The molecule has 0 N–H and O–H groups in total. The zero-order chi connectivity index (χ0) is 13.0. The van der Waals surface area contributed by atoms with Crippen LogP contribution in [0.2, 0.25) is 0 Å². The largest absolute Gasteiger partial charge is 0.466 e. The molecular weight excluding hydrogens is 458 g/mol. The van der Waals surface area contributed by atoms with Gasteiger partial charge >= 0.3 is 5.97 Å². The molecule has 0 amide bonds. The Labute approximate surface area is 125 Å². The summed E-state index contributed by atoms with van der Waals surface area (Å²) in [6.07, 6.45) is -2.55. The molecule has 1 rings (SSSR count). The van der Waals surface area contributed by atoms with Gasteiger partial charge in [-0.1, -0.05) is 0 Å². The number of pyridine rings is 1. The SMILES string of the molecule is CCOC(=O)Cc1nc(I)c(C(F)F)cc1I. The number of nitrogens with zero attached hydrogens (tertiary/aromatic N) is 1. The summed E-state index contributed by atoms with van der Waals surface area (Å²) in [5.74, 6) is -0.404. The second kappa shape index (κ2) is 6.76. The van der Waals surface area contributed by atoms with E-state index in [1.54, 1.807) is 29.5 Å². The fraction of sp³-hybridized carbons (Fsp3) is 0.400. The number of rotatable bonds is 4. The van der Waals surface area contributed by atoms with Crippen molar-refractivity contribution in [2.75, 3.05) is 6.61 Å². The minimum absolute atomic E-state index is 0.00559. The fourth-order valence-corrected chi connectivity index (χ4v) is 2.47. The van der Waals surface area contributed by atoms with E-state index in [0.29, 0.717) is 15.9 Å². The van der Waals surface area contributed by atoms with Crippen LogP contribution in [-0.4, -0.2) is 17.6 Å². The molecule has 0 bridgehead atoms. The van der Waals surface area contributed by atoms with E-state index in [1.165, 1.54) is 6.07 Å². The first-order chi connectivity index (χ1) is 7.95. The molecule has 3 nitrogen and oxygen atoms in total. The zero-order valence-electron chi connectivity index (χ0n) is 8.84. The number of esters is 1. The lowest BCUT2D eigenvalue weighted by molar-refractivity contribution is -0.142. The van der Waals surface area contributed by atoms with E-state index in [2.05, 4.69) is 4.98 Å². The highest BCUT2D eigenvalue weighted by Crippen LogP contribution is 2.26. The van der Waals surface area contributed by atoms with Crippen molar-refractivity contribution in [3.05, 3.63) is 24.6 Å². The lowest BCUT2D eigenvalue weighted by atomic mass is 10.2. The van der Waals surface area contributed by atoms with E-state index >= 15 is 0 Å². The van der Waals surface area contributed by atoms with E-state index in [-0.39, 0.29) is 15.7 Å². The second-order valence-corrected chi connectivity index (χ2v) is 5.26. The van der Waals surface area contributed by atoms with Crippen LogP contribution in [0.25, 0.3) is 0 Å². The molecule has 0 saturated heterocycles. The number of alkyl halides is 2. The summed E-state index contributed by atoms with van der Waals surface area (Å²) in [6, 6.07) is 1.36. The van der Waals surface area contributed by atoms with Gasteiger partial charge in [-0.2, -0.15) is 0 Å². The van der Waals surface area contributed by atoms with Gasteiger partial charge in [-0.15, -0.1) is 0 Å². The topological polar surface area (TPSA) is 39.2 Å². The molecule has 1 heterocycles. The molecule has 0 radical (unpaired) electrons. The quantitative estimate of drug-likeness (QED) is 0.388. The first-order valence-electron chi connectivity index (χ1n) is 4.74. The third kappa shape index (κ3) is 4.27. The maximum absolute atomic E-state index is 12.6. The fourth-order valence-electron chi connectivity index (χ4n) is 1.14. The second-order valence-electron chi connectivity index (χ2n) is 3.08. The van der Waals surface area contributed by atoms with Crippen LogP contribution in [0, 0.1) is 7.27 Å². The van der Waals surface area contributed by atoms with Crippen LogP contribution >= 0.6 is 45.2 Å². The van der Waals surface area contributed by atoms with Gasteiger partial charge in [0.1, 0.15) is 3.70 Å². The van der Waals surface area contributed by atoms with Crippen LogP contribution < -0.4 is 0 Å². The normalized spacial score (nSPS) is 10.7. The molecular formula is C10H9F2I2NO2. The van der Waals surface area contributed by atoms with Gasteiger partial charge in [-0.05, 0) is 58.2 Å². The smallest absolute Gasteiger partial charge is 0.311 e. The van der Waals surface area contributed by atoms with E-state index in [9.17, 15) is 13.6 Å². The van der Waals surface area contributed by atoms with Crippen molar-refractivity contribution in [2.24, 2.45) is 0 Å². The van der Waals surface area contributed by atoms with E-state index < -0.39 is 12.4 Å². The highest BCUT2D eigenvalue weighted by atomic mass is 127. The Morgan fingerprint density at radius 1 is 1.53 bits per heavy atom. The van der Waals surface area contributed by atoms with Crippen molar-refractivity contribution in [1.29, 1.82) is 0 Å². The van der Waals surface area contributed by atoms with Gasteiger partial charge in [0.05, 0.1) is 24.3 Å². The summed E-state index contributed by atoms with van der Waals surface area (Å²) < 4.78 is 30.7. The summed E-state index contributed by atoms with van der Waals surface area (Å²) in [5, 5.41) is 0. The minimum Gasteiger partial charge on any atom is -0.466 e. The average molecular weight is 467 g/mol. The molecule has 94 valence electrons. The van der Waals surface area contributed by atoms with Crippen molar-refractivity contribution in [2.45, 2.75) is 19.8 Å². The third-order valence-corrected chi connectivity index (χ3v) is 3.68. The lowest BCUT2D eigenvalue weighted by Gasteiger charge is -2.08. The van der Waals surface area contributed by atoms with Crippen molar-refractivity contribution in [3.8, 4) is 0 Å². The highest BCUT2D eigenvalue weighted by Gasteiger charge is 2.17. The summed E-state index contributed by atoms with van der Waals surface area (Å²) in [6.45, 7) is 2.00. The van der Waals surface area contributed by atoms with Gasteiger partial charge in [-0.3, -0.25) is 4.79 Å². The Bertz CT molecular complexity index is 427. The minimum atomic E-state index is -2.56. The van der Waals surface area contributed by atoms with Crippen LogP contribution in [0.5, 0.6) is 0 Å². The maximum atomic E-state index is 12.6. The van der Waals surface area contributed by atoms with Gasteiger partial charge in [-0.25, -0.2) is 13.8 Å². The molecule has 0 atom stereocenters. The number of aromatic nitrogens is 1. The Balaban J connectivity index is 2.95. The Morgan fingerprint density at radius 3 is 2.71 bits per heavy atom. The lowest BCUT2D eigenvalue weighted by Crippen LogP contribution is -2.11. The monoisotopic (exact) mass is 467 g/mol. The van der Waals surface area contributed by atoms with Crippen molar-refractivity contribution in [3.63, 3.8) is 0 Å². The predicted molar refractivity (Wildman–Crippen MR) is 75.0 cm³/mol. The van der Waals surface area contributed by atoms with Gasteiger partial charge in [0.25, 0.3) is 6.43 Å². The van der Waals surface area contributed by atoms with Gasteiger partial charge < -0.3 is 4.74 Å². The first kappa shape index (κ1) is 15.0. The molecule has 17 heavy (non-hydrogen) atoms. The van der Waals surface area contributed by atoms with Crippen LogP contribution in [0.1, 0.15) is 24.6 Å². The Kier molecular flexibility index (Phi) is 5.97. The first-order valence-corrected chi connectivity index (χ1v) is 6.90. The van der Waals surface area contributed by atoms with Crippen molar-refractivity contribution >= 4 is 51.2 Å². The number of ether oxygens (including phenoxy) is 1. The zero-order valence-corrected chi connectivity index (χ0v) is 13.2. The molecule has 0 saturated carbocycles. The third-order valence-electron chi connectivity index (χ3n) is 1.88. The van der Waals surface area contributed by atoms with Crippen LogP contribution in [0.4, 0.5) is 8.78 Å². The molecule has 7 heteroatoms. The number of carbonyl (C=O) groups excluding carboxylic acids is 1. The number of hydrogen-bond donors (Lipinski definition) is 0. The van der Waals surface area contributed by atoms with Gasteiger partial charge in [0, 0.05) is 3.57 Å². The average Bonchev–Trinajstić information content (AvgIpc) is 2.22. The van der Waals surface area contributed by atoms with Crippen LogP contribution in [0.3, 0.4) is 0 Å². The predicted octanol–water partition coefficient (Wildman–Crippen LogP) is 3.33. The summed E-state index contributed by atoms with van der Waals surface area (Å²) in [4.78, 5) is 15.3. The summed E-state index contributed by atoms with van der Waals surface area (Å²) in [5.41, 5.74) is 0.362. The maximum Gasteiger partial charge on any atom is 0.311 e. The van der Waals surface area contributed by atoms with Crippen molar-refractivity contribution in [1.82, 2.24) is 4.98 Å². The molecule has 0 unspecified atom stereocenters. The molecule has 0 aliphatic rings. The standard InChI is InChI=1S/C10H9F2I2NO2/c1-2-17-8(16)4-7-6(13)3-5(9(11)12)10(14)15-7/h3,9H,2,4H2,1H3. The molecule has 0 aliphatic heterocycles. The number of hydrogen-bond acceptors (Lipinski definition) is 3. The Hall–Kier alpha value is -0.0600. The van der Waals surface area contributed by atoms with Crippen LogP contribution in [-0.2, 0) is 16.0 Å². The molecule has 0 aromatic carbocycles. The van der Waals surface area contributed by atoms with Gasteiger partial charge in [0.2, 0.25) is 0 Å². The van der Waals surface area contributed by atoms with Crippen molar-refractivity contribution < 1.29 is 18.3 Å². The highest BCUT2D eigenvalue weighted by molar-refractivity contribution is 14.1. The molecule has 0 spiro atoms. The van der Waals surface area contributed by atoms with E-state index in [1.807, 2.05) is 22.6 Å². The summed E-state index contributed by atoms with van der Waals surface area (Å²) in [7, 11) is 0. The number of carbonyl (C=O) groups is 1. The molecule has 0 aliphatic carbocycles. The van der Waals surface area contributed by atoms with E-state index in [0.717, 1.165) is 0 Å². The van der Waals surface area contributed by atoms with Crippen LogP contribution in [0.15, 0.2) is 6.07 Å². The molecule has 1 aromatic heterocycles. The van der Waals surface area contributed by atoms with Gasteiger partial charge in [0.15, 0.2) is 0 Å².